The van der Waals surface area contributed by atoms with Gasteiger partial charge in [0.05, 0.1) is 23.9 Å². The molecule has 2 aliphatic heterocycles. The van der Waals surface area contributed by atoms with Crippen molar-refractivity contribution in [2.45, 2.75) is 39.7 Å². The van der Waals surface area contributed by atoms with Crippen LogP contribution in [-0.2, 0) is 11.2 Å². The van der Waals surface area contributed by atoms with Crippen LogP contribution in [0.1, 0.15) is 40.6 Å². The zero-order chi connectivity index (χ0) is 16.4. The molecule has 0 unspecified atom stereocenters. The van der Waals surface area contributed by atoms with Crippen LogP contribution in [-0.4, -0.2) is 66.1 Å². The Morgan fingerprint density at radius 1 is 1.30 bits per heavy atom. The number of morpholine rings is 1. The maximum atomic E-state index is 12.9. The SMILES string of the molecule is CCc1nc(C)c(C(=O)N2C[C@H](CC)[C@@H](N3CCOCC3)C2)s1. The lowest BCUT2D eigenvalue weighted by atomic mass is 9.99. The van der Waals surface area contributed by atoms with Gasteiger partial charge in [0.15, 0.2) is 0 Å². The lowest BCUT2D eigenvalue weighted by Crippen LogP contribution is -2.47. The molecule has 0 N–H and O–H groups in total. The van der Waals surface area contributed by atoms with Crippen molar-refractivity contribution >= 4 is 17.2 Å². The van der Waals surface area contributed by atoms with E-state index in [1.165, 1.54) is 0 Å². The summed E-state index contributed by atoms with van der Waals surface area (Å²) in [5.74, 6) is 0.741. The predicted octanol–water partition coefficient (Wildman–Crippen LogP) is 2.20. The molecule has 1 aromatic heterocycles. The average molecular weight is 337 g/mol. The molecule has 2 saturated heterocycles. The maximum Gasteiger partial charge on any atom is 0.265 e. The number of likely N-dealkylation sites (tertiary alicyclic amines) is 1. The molecule has 5 nitrogen and oxygen atoms in total. The quantitative estimate of drug-likeness (QED) is 0.845. The van der Waals surface area contributed by atoms with Crippen LogP contribution in [0.3, 0.4) is 0 Å². The van der Waals surface area contributed by atoms with Crippen molar-refractivity contribution in [3.63, 3.8) is 0 Å². The van der Waals surface area contributed by atoms with Crippen LogP contribution in [0.5, 0.6) is 0 Å². The Balaban J connectivity index is 1.73. The summed E-state index contributed by atoms with van der Waals surface area (Å²) in [6, 6.07) is 0.478. The second-order valence-electron chi connectivity index (χ2n) is 6.47. The predicted molar refractivity (Wildman–Crippen MR) is 92.1 cm³/mol. The van der Waals surface area contributed by atoms with E-state index in [1.54, 1.807) is 11.3 Å². The van der Waals surface area contributed by atoms with Gasteiger partial charge in [0.2, 0.25) is 0 Å². The molecule has 2 fully saturated rings. The average Bonchev–Trinajstić information content (AvgIpc) is 3.18. The third-order valence-electron chi connectivity index (χ3n) is 5.07. The summed E-state index contributed by atoms with van der Waals surface area (Å²) in [4.78, 5) is 22.9. The van der Waals surface area contributed by atoms with Crippen molar-refractivity contribution in [2.75, 3.05) is 39.4 Å². The van der Waals surface area contributed by atoms with E-state index >= 15 is 0 Å². The molecule has 0 aromatic carbocycles. The molecule has 1 amide bonds. The smallest absolute Gasteiger partial charge is 0.265 e. The fraction of sp³-hybridized carbons (Fsp3) is 0.765. The first-order chi connectivity index (χ1) is 11.1. The summed E-state index contributed by atoms with van der Waals surface area (Å²) >= 11 is 1.56. The van der Waals surface area contributed by atoms with E-state index in [9.17, 15) is 4.79 Å². The van der Waals surface area contributed by atoms with E-state index in [0.717, 1.165) is 67.8 Å². The molecule has 0 saturated carbocycles. The van der Waals surface area contributed by atoms with E-state index < -0.39 is 0 Å². The number of hydrogen-bond acceptors (Lipinski definition) is 5. The number of rotatable bonds is 4. The van der Waals surface area contributed by atoms with E-state index in [4.69, 9.17) is 4.74 Å². The van der Waals surface area contributed by atoms with Crippen LogP contribution in [0.4, 0.5) is 0 Å². The summed E-state index contributed by atoms with van der Waals surface area (Å²) < 4.78 is 5.47. The third kappa shape index (κ3) is 3.44. The van der Waals surface area contributed by atoms with Gasteiger partial charge >= 0.3 is 0 Å². The Morgan fingerprint density at radius 2 is 2.04 bits per heavy atom. The normalized spacial score (nSPS) is 26.0. The summed E-state index contributed by atoms with van der Waals surface area (Å²) in [6.45, 7) is 11.6. The van der Waals surface area contributed by atoms with Crippen LogP contribution in [0.15, 0.2) is 0 Å². The van der Waals surface area contributed by atoms with Crippen molar-refractivity contribution in [1.29, 1.82) is 0 Å². The van der Waals surface area contributed by atoms with Gasteiger partial charge in [-0.15, -0.1) is 11.3 Å². The number of hydrogen-bond donors (Lipinski definition) is 0. The van der Waals surface area contributed by atoms with E-state index in [-0.39, 0.29) is 5.91 Å². The molecule has 23 heavy (non-hydrogen) atoms. The molecular formula is C17H27N3O2S. The molecule has 6 heteroatoms. The van der Waals surface area contributed by atoms with Crippen LogP contribution in [0.2, 0.25) is 0 Å². The molecule has 0 spiro atoms. The first-order valence-electron chi connectivity index (χ1n) is 8.71. The van der Waals surface area contributed by atoms with Crippen molar-refractivity contribution in [3.8, 4) is 0 Å². The minimum Gasteiger partial charge on any atom is -0.379 e. The Kier molecular flexibility index (Phi) is 5.34. The van der Waals surface area contributed by atoms with Gasteiger partial charge in [-0.25, -0.2) is 4.98 Å². The zero-order valence-corrected chi connectivity index (χ0v) is 15.2. The number of ether oxygens (including phenoxy) is 1. The third-order valence-corrected chi connectivity index (χ3v) is 6.36. The molecular weight excluding hydrogens is 310 g/mol. The minimum atomic E-state index is 0.175. The zero-order valence-electron chi connectivity index (χ0n) is 14.4. The monoisotopic (exact) mass is 337 g/mol. The fourth-order valence-electron chi connectivity index (χ4n) is 3.69. The van der Waals surface area contributed by atoms with Gasteiger partial charge in [0.25, 0.3) is 5.91 Å². The highest BCUT2D eigenvalue weighted by Gasteiger charge is 2.39. The van der Waals surface area contributed by atoms with E-state index in [0.29, 0.717) is 12.0 Å². The Bertz CT molecular complexity index is 554. The number of thiazole rings is 1. The van der Waals surface area contributed by atoms with E-state index in [2.05, 4.69) is 23.7 Å². The highest BCUT2D eigenvalue weighted by molar-refractivity contribution is 7.13. The van der Waals surface area contributed by atoms with E-state index in [1.807, 2.05) is 11.8 Å². The van der Waals surface area contributed by atoms with Crippen molar-refractivity contribution in [1.82, 2.24) is 14.8 Å². The number of carbonyl (C=O) groups is 1. The summed E-state index contributed by atoms with van der Waals surface area (Å²) in [6.07, 6.45) is 2.01. The maximum absolute atomic E-state index is 12.9. The number of nitrogens with zero attached hydrogens (tertiary/aromatic N) is 3. The number of aromatic nitrogens is 1. The number of amides is 1. The van der Waals surface area contributed by atoms with Crippen LogP contribution >= 0.6 is 11.3 Å². The Hall–Kier alpha value is -0.980. The number of aryl methyl sites for hydroxylation is 2. The van der Waals surface area contributed by atoms with Gasteiger partial charge in [-0.05, 0) is 19.3 Å². The molecule has 0 radical (unpaired) electrons. The topological polar surface area (TPSA) is 45.7 Å². The number of carbonyl (C=O) groups excluding carboxylic acids is 1. The Morgan fingerprint density at radius 3 is 2.65 bits per heavy atom. The van der Waals surface area contributed by atoms with Gasteiger partial charge < -0.3 is 9.64 Å². The van der Waals surface area contributed by atoms with Crippen LogP contribution < -0.4 is 0 Å². The van der Waals surface area contributed by atoms with Gasteiger partial charge in [-0.3, -0.25) is 9.69 Å². The molecule has 0 aliphatic carbocycles. The molecule has 1 aromatic rings. The van der Waals surface area contributed by atoms with Gasteiger partial charge in [0.1, 0.15) is 4.88 Å². The summed E-state index contributed by atoms with van der Waals surface area (Å²) in [5.41, 5.74) is 0.889. The van der Waals surface area contributed by atoms with Gasteiger partial charge in [0, 0.05) is 32.2 Å². The van der Waals surface area contributed by atoms with Crippen molar-refractivity contribution in [2.24, 2.45) is 5.92 Å². The highest BCUT2D eigenvalue weighted by Crippen LogP contribution is 2.29. The Labute approximate surface area is 142 Å². The molecule has 3 heterocycles. The first-order valence-corrected chi connectivity index (χ1v) is 9.53. The first kappa shape index (κ1) is 16.9. The van der Waals surface area contributed by atoms with Crippen LogP contribution in [0, 0.1) is 12.8 Å². The van der Waals surface area contributed by atoms with Crippen molar-refractivity contribution in [3.05, 3.63) is 15.6 Å². The molecule has 3 rings (SSSR count). The lowest BCUT2D eigenvalue weighted by Gasteiger charge is -2.34. The molecule has 128 valence electrons. The molecule has 0 bridgehead atoms. The van der Waals surface area contributed by atoms with Gasteiger partial charge in [-0.2, -0.15) is 0 Å². The highest BCUT2D eigenvalue weighted by atomic mass is 32.1. The van der Waals surface area contributed by atoms with Crippen molar-refractivity contribution < 1.29 is 9.53 Å². The van der Waals surface area contributed by atoms with Gasteiger partial charge in [-0.1, -0.05) is 20.3 Å². The standard InChI is InChI=1S/C17H27N3O2S/c1-4-13-10-20(11-14(13)19-6-8-22-9-7-19)17(21)16-12(3)18-15(5-2)23-16/h13-14H,4-11H2,1-3H3/t13-,14-/m0/s1. The second-order valence-corrected chi connectivity index (χ2v) is 7.55. The summed E-state index contributed by atoms with van der Waals surface area (Å²) in [7, 11) is 0. The minimum absolute atomic E-state index is 0.175. The molecule has 2 atom stereocenters. The fourth-order valence-corrected chi connectivity index (χ4v) is 4.66. The van der Waals surface area contributed by atoms with Crippen LogP contribution in [0.25, 0.3) is 0 Å². The summed E-state index contributed by atoms with van der Waals surface area (Å²) in [5, 5.41) is 1.06. The second kappa shape index (κ2) is 7.28. The lowest BCUT2D eigenvalue weighted by molar-refractivity contribution is 0.0103. The largest absolute Gasteiger partial charge is 0.379 e. The molecule has 2 aliphatic rings.